The summed E-state index contributed by atoms with van der Waals surface area (Å²) >= 11 is 3.47. The fourth-order valence-corrected chi connectivity index (χ4v) is 2.33. The number of nitrogens with one attached hydrogen (secondary N) is 1. The first-order valence-corrected chi connectivity index (χ1v) is 6.19. The van der Waals surface area contributed by atoms with E-state index in [1.54, 1.807) is 0 Å². The molecule has 3 N–H and O–H groups in total. The van der Waals surface area contributed by atoms with Gasteiger partial charge in [0.2, 0.25) is 6.79 Å². The summed E-state index contributed by atoms with van der Waals surface area (Å²) in [6, 6.07) is 4.04. The van der Waals surface area contributed by atoms with E-state index in [4.69, 9.17) is 15.2 Å². The molecule has 1 unspecified atom stereocenters. The Labute approximate surface area is 109 Å². The third-order valence-electron chi connectivity index (χ3n) is 2.60. The molecule has 0 aromatic heterocycles. The van der Waals surface area contributed by atoms with Crippen LogP contribution in [0.4, 0.5) is 0 Å². The number of hydrogen-bond acceptors (Lipinski definition) is 4. The molecular weight excluding hydrogens is 284 g/mol. The molecule has 0 radical (unpaired) electrons. The predicted molar refractivity (Wildman–Crippen MR) is 70.3 cm³/mol. The molecule has 2 rings (SSSR count). The Hall–Kier alpha value is -1.04. The topological polar surface area (TPSA) is 56.5 Å². The van der Waals surface area contributed by atoms with Crippen LogP contribution in [-0.4, -0.2) is 19.9 Å². The normalized spacial score (nSPS) is 14.7. The minimum Gasteiger partial charge on any atom is -0.454 e. The highest BCUT2D eigenvalue weighted by Gasteiger charge is 2.20. The molecular formula is C12H15BrN2O2. The molecule has 92 valence electrons. The highest BCUT2D eigenvalue weighted by molar-refractivity contribution is 9.10. The quantitative estimate of drug-likeness (QED) is 0.816. The van der Waals surface area contributed by atoms with Gasteiger partial charge >= 0.3 is 0 Å². The zero-order valence-corrected chi connectivity index (χ0v) is 11.0. The molecule has 4 nitrogen and oxygen atoms in total. The van der Waals surface area contributed by atoms with Gasteiger partial charge in [-0.15, -0.1) is 6.58 Å². The van der Waals surface area contributed by atoms with Gasteiger partial charge in [0, 0.05) is 19.1 Å². The second-order valence-electron chi connectivity index (χ2n) is 3.72. The summed E-state index contributed by atoms with van der Waals surface area (Å²) in [4.78, 5) is 0. The first kappa shape index (κ1) is 12.4. The van der Waals surface area contributed by atoms with E-state index < -0.39 is 0 Å². The molecule has 0 fully saturated rings. The van der Waals surface area contributed by atoms with Crippen molar-refractivity contribution in [2.75, 3.05) is 19.9 Å². The molecule has 5 heteroatoms. The first-order chi connectivity index (χ1) is 8.26. The Balaban J connectivity index is 2.25. The Morgan fingerprint density at radius 3 is 3.06 bits per heavy atom. The van der Waals surface area contributed by atoms with Crippen molar-refractivity contribution < 1.29 is 9.47 Å². The second kappa shape index (κ2) is 5.53. The summed E-state index contributed by atoms with van der Waals surface area (Å²) in [5.74, 6) is 1.52. The summed E-state index contributed by atoms with van der Waals surface area (Å²) in [5.41, 5.74) is 6.83. The van der Waals surface area contributed by atoms with Crippen LogP contribution in [0.5, 0.6) is 11.5 Å². The van der Waals surface area contributed by atoms with E-state index in [2.05, 4.69) is 27.8 Å². The van der Waals surface area contributed by atoms with Crippen LogP contribution in [0.15, 0.2) is 29.3 Å². The summed E-state index contributed by atoms with van der Waals surface area (Å²) < 4.78 is 11.6. The average molecular weight is 299 g/mol. The molecule has 0 spiro atoms. The molecule has 0 saturated heterocycles. The lowest BCUT2D eigenvalue weighted by molar-refractivity contribution is 0.173. The fourth-order valence-electron chi connectivity index (χ4n) is 1.75. The number of benzene rings is 1. The summed E-state index contributed by atoms with van der Waals surface area (Å²) in [6.07, 6.45) is 1.81. The molecule has 1 aromatic carbocycles. The third-order valence-corrected chi connectivity index (χ3v) is 3.19. The van der Waals surface area contributed by atoms with Crippen LogP contribution in [-0.2, 0) is 0 Å². The van der Waals surface area contributed by atoms with Gasteiger partial charge in [0.05, 0.1) is 4.47 Å². The van der Waals surface area contributed by atoms with Crippen LogP contribution in [0.1, 0.15) is 11.6 Å². The Kier molecular flexibility index (Phi) is 4.04. The van der Waals surface area contributed by atoms with E-state index in [-0.39, 0.29) is 12.8 Å². The SMILES string of the molecule is C=CCNC(CN)c1cc(Br)c2c(c1)OCO2. The average Bonchev–Trinajstić information content (AvgIpc) is 2.79. The van der Waals surface area contributed by atoms with Gasteiger partial charge in [0.25, 0.3) is 0 Å². The molecule has 0 aliphatic carbocycles. The molecule has 1 aliphatic rings. The predicted octanol–water partition coefficient (Wildman–Crippen LogP) is 1.95. The third kappa shape index (κ3) is 2.62. The maximum Gasteiger partial charge on any atom is 0.231 e. The summed E-state index contributed by atoms with van der Waals surface area (Å²) in [5, 5.41) is 3.29. The lowest BCUT2D eigenvalue weighted by Crippen LogP contribution is -2.28. The van der Waals surface area contributed by atoms with Crippen LogP contribution >= 0.6 is 15.9 Å². The van der Waals surface area contributed by atoms with E-state index in [1.165, 1.54) is 0 Å². The molecule has 0 amide bonds. The standard InChI is InChI=1S/C12H15BrN2O2/c1-2-3-15-10(6-14)8-4-9(13)12-11(5-8)16-7-17-12/h2,4-5,10,15H,1,3,6-7,14H2. The molecule has 1 atom stereocenters. The Morgan fingerprint density at radius 2 is 2.35 bits per heavy atom. The molecule has 1 aliphatic heterocycles. The van der Waals surface area contributed by atoms with Crippen molar-refractivity contribution in [3.63, 3.8) is 0 Å². The lowest BCUT2D eigenvalue weighted by atomic mass is 10.1. The number of hydrogen-bond donors (Lipinski definition) is 2. The van der Waals surface area contributed by atoms with Gasteiger partial charge < -0.3 is 20.5 Å². The highest BCUT2D eigenvalue weighted by atomic mass is 79.9. The highest BCUT2D eigenvalue weighted by Crippen LogP contribution is 2.41. The van der Waals surface area contributed by atoms with Gasteiger partial charge in [-0.2, -0.15) is 0 Å². The monoisotopic (exact) mass is 298 g/mol. The van der Waals surface area contributed by atoms with E-state index in [1.807, 2.05) is 18.2 Å². The van der Waals surface area contributed by atoms with Crippen molar-refractivity contribution in [2.45, 2.75) is 6.04 Å². The number of ether oxygens (including phenoxy) is 2. The zero-order valence-electron chi connectivity index (χ0n) is 9.41. The van der Waals surface area contributed by atoms with E-state index >= 15 is 0 Å². The fraction of sp³-hybridized carbons (Fsp3) is 0.333. The van der Waals surface area contributed by atoms with Crippen molar-refractivity contribution in [1.29, 1.82) is 0 Å². The van der Waals surface area contributed by atoms with Gasteiger partial charge in [-0.1, -0.05) is 6.08 Å². The summed E-state index contributed by atoms with van der Waals surface area (Å²) in [6.45, 7) is 5.18. The number of halogens is 1. The summed E-state index contributed by atoms with van der Waals surface area (Å²) in [7, 11) is 0. The largest absolute Gasteiger partial charge is 0.454 e. The van der Waals surface area contributed by atoms with Crippen molar-refractivity contribution >= 4 is 15.9 Å². The molecule has 17 heavy (non-hydrogen) atoms. The smallest absolute Gasteiger partial charge is 0.231 e. The number of nitrogens with two attached hydrogens (primary N) is 1. The van der Waals surface area contributed by atoms with Crippen molar-refractivity contribution in [1.82, 2.24) is 5.32 Å². The van der Waals surface area contributed by atoms with Gasteiger partial charge in [0.1, 0.15) is 0 Å². The molecule has 0 saturated carbocycles. The van der Waals surface area contributed by atoms with Crippen molar-refractivity contribution in [2.24, 2.45) is 5.73 Å². The molecule has 1 aromatic rings. The number of fused-ring (bicyclic) bond motifs is 1. The van der Waals surface area contributed by atoms with Gasteiger partial charge in [-0.05, 0) is 33.6 Å². The zero-order chi connectivity index (χ0) is 12.3. The van der Waals surface area contributed by atoms with Gasteiger partial charge in [-0.3, -0.25) is 0 Å². The van der Waals surface area contributed by atoms with Crippen LogP contribution < -0.4 is 20.5 Å². The Morgan fingerprint density at radius 1 is 1.53 bits per heavy atom. The van der Waals surface area contributed by atoms with E-state index in [9.17, 15) is 0 Å². The minimum atomic E-state index is 0.0822. The molecule has 1 heterocycles. The maximum absolute atomic E-state index is 5.76. The van der Waals surface area contributed by atoms with Gasteiger partial charge in [0.15, 0.2) is 11.5 Å². The maximum atomic E-state index is 5.76. The lowest BCUT2D eigenvalue weighted by Gasteiger charge is -2.17. The van der Waals surface area contributed by atoms with Crippen molar-refractivity contribution in [3.8, 4) is 11.5 Å². The van der Waals surface area contributed by atoms with Gasteiger partial charge in [-0.25, -0.2) is 0 Å². The van der Waals surface area contributed by atoms with Crippen LogP contribution in [0, 0.1) is 0 Å². The van der Waals surface area contributed by atoms with Crippen LogP contribution in [0.2, 0.25) is 0 Å². The second-order valence-corrected chi connectivity index (χ2v) is 4.58. The first-order valence-electron chi connectivity index (χ1n) is 5.39. The molecule has 0 bridgehead atoms. The van der Waals surface area contributed by atoms with Crippen LogP contribution in [0.3, 0.4) is 0 Å². The minimum absolute atomic E-state index is 0.0822. The number of rotatable bonds is 5. The van der Waals surface area contributed by atoms with E-state index in [0.717, 1.165) is 21.5 Å². The Bertz CT molecular complexity index is 423. The van der Waals surface area contributed by atoms with Crippen molar-refractivity contribution in [3.05, 3.63) is 34.8 Å². The van der Waals surface area contributed by atoms with E-state index in [0.29, 0.717) is 13.1 Å². The van der Waals surface area contributed by atoms with Crippen LogP contribution in [0.25, 0.3) is 0 Å².